The molecule has 1 aromatic heterocycles. The van der Waals surface area contributed by atoms with Crippen LogP contribution in [-0.2, 0) is 13.0 Å². The van der Waals surface area contributed by atoms with E-state index < -0.39 is 5.82 Å². The minimum Gasteiger partial charge on any atom is -0.352 e. The first-order valence-electron chi connectivity index (χ1n) is 10.5. The van der Waals surface area contributed by atoms with Crippen molar-refractivity contribution in [3.63, 3.8) is 0 Å². The van der Waals surface area contributed by atoms with E-state index in [0.717, 1.165) is 50.0 Å². The number of halogens is 1. The van der Waals surface area contributed by atoms with Crippen molar-refractivity contribution >= 4 is 16.9 Å². The van der Waals surface area contributed by atoms with Gasteiger partial charge in [-0.1, -0.05) is 44.5 Å². The number of nitrogens with one attached hydrogen (secondary N) is 1. The second-order valence-electron chi connectivity index (χ2n) is 7.90. The van der Waals surface area contributed by atoms with E-state index in [4.69, 9.17) is 4.98 Å². The molecule has 4 nitrogen and oxygen atoms in total. The van der Waals surface area contributed by atoms with Gasteiger partial charge in [-0.05, 0) is 49.4 Å². The Labute approximate surface area is 172 Å². The van der Waals surface area contributed by atoms with Crippen molar-refractivity contribution in [1.29, 1.82) is 0 Å². The van der Waals surface area contributed by atoms with Crippen LogP contribution >= 0.6 is 0 Å². The molecule has 0 aliphatic carbocycles. The SMILES string of the molecule is CC(C)CCn1c(CCCCCNC(=O)c2ccccc2F)nc2ccccc21. The quantitative estimate of drug-likeness (QED) is 0.470. The number of amides is 1. The van der Waals surface area contributed by atoms with Crippen LogP contribution in [0.1, 0.15) is 55.7 Å². The first-order valence-corrected chi connectivity index (χ1v) is 10.5. The van der Waals surface area contributed by atoms with Gasteiger partial charge in [0.2, 0.25) is 0 Å². The van der Waals surface area contributed by atoms with E-state index in [1.54, 1.807) is 12.1 Å². The molecule has 2 aromatic carbocycles. The number of benzene rings is 2. The summed E-state index contributed by atoms with van der Waals surface area (Å²) >= 11 is 0. The molecule has 0 spiro atoms. The largest absolute Gasteiger partial charge is 0.352 e. The lowest BCUT2D eigenvalue weighted by atomic mass is 10.1. The summed E-state index contributed by atoms with van der Waals surface area (Å²) in [6.45, 7) is 6.03. The molecule has 0 aliphatic heterocycles. The molecule has 0 saturated carbocycles. The Kier molecular flexibility index (Phi) is 7.39. The van der Waals surface area contributed by atoms with Crippen LogP contribution in [0.15, 0.2) is 48.5 Å². The lowest BCUT2D eigenvalue weighted by molar-refractivity contribution is 0.0949. The van der Waals surface area contributed by atoms with Crippen LogP contribution < -0.4 is 5.32 Å². The van der Waals surface area contributed by atoms with Gasteiger partial charge >= 0.3 is 0 Å². The van der Waals surface area contributed by atoms with Crippen LogP contribution in [0.5, 0.6) is 0 Å². The second-order valence-corrected chi connectivity index (χ2v) is 7.90. The van der Waals surface area contributed by atoms with Crippen molar-refractivity contribution in [2.24, 2.45) is 5.92 Å². The third-order valence-electron chi connectivity index (χ3n) is 5.14. The Morgan fingerprint density at radius 3 is 2.62 bits per heavy atom. The van der Waals surface area contributed by atoms with E-state index >= 15 is 0 Å². The Balaban J connectivity index is 1.48. The lowest BCUT2D eigenvalue weighted by Gasteiger charge is -2.11. The molecule has 0 fully saturated rings. The van der Waals surface area contributed by atoms with Gasteiger partial charge in [0.05, 0.1) is 16.6 Å². The summed E-state index contributed by atoms with van der Waals surface area (Å²) in [5, 5.41) is 2.80. The summed E-state index contributed by atoms with van der Waals surface area (Å²) in [4.78, 5) is 16.9. The van der Waals surface area contributed by atoms with Crippen molar-refractivity contribution in [1.82, 2.24) is 14.9 Å². The topological polar surface area (TPSA) is 46.9 Å². The monoisotopic (exact) mass is 395 g/mol. The van der Waals surface area contributed by atoms with Crippen molar-refractivity contribution in [3.05, 3.63) is 65.7 Å². The molecule has 1 N–H and O–H groups in total. The van der Waals surface area contributed by atoms with Gasteiger partial charge in [-0.2, -0.15) is 0 Å². The molecule has 1 amide bonds. The van der Waals surface area contributed by atoms with Crippen LogP contribution in [0, 0.1) is 11.7 Å². The van der Waals surface area contributed by atoms with Gasteiger partial charge in [-0.15, -0.1) is 0 Å². The summed E-state index contributed by atoms with van der Waals surface area (Å²) in [7, 11) is 0. The van der Waals surface area contributed by atoms with E-state index in [1.807, 2.05) is 6.07 Å². The number of hydrogen-bond donors (Lipinski definition) is 1. The molecular formula is C24H30FN3O. The number of nitrogens with zero attached hydrogens (tertiary/aromatic N) is 2. The number of rotatable bonds is 10. The fourth-order valence-corrected chi connectivity index (χ4v) is 3.48. The molecule has 29 heavy (non-hydrogen) atoms. The summed E-state index contributed by atoms with van der Waals surface area (Å²) < 4.78 is 16.0. The molecule has 5 heteroatoms. The Morgan fingerprint density at radius 2 is 1.83 bits per heavy atom. The van der Waals surface area contributed by atoms with Crippen molar-refractivity contribution in [2.45, 2.75) is 52.5 Å². The van der Waals surface area contributed by atoms with Crippen molar-refractivity contribution < 1.29 is 9.18 Å². The highest BCUT2D eigenvalue weighted by Crippen LogP contribution is 2.19. The zero-order chi connectivity index (χ0) is 20.6. The minimum absolute atomic E-state index is 0.103. The van der Waals surface area contributed by atoms with Crippen LogP contribution in [0.3, 0.4) is 0 Å². The number of unbranched alkanes of at least 4 members (excludes halogenated alkanes) is 2. The van der Waals surface area contributed by atoms with Gasteiger partial charge in [0, 0.05) is 19.5 Å². The number of aromatic nitrogens is 2. The van der Waals surface area contributed by atoms with Gasteiger partial charge < -0.3 is 9.88 Å². The maximum Gasteiger partial charge on any atom is 0.254 e. The smallest absolute Gasteiger partial charge is 0.254 e. The van der Waals surface area contributed by atoms with Crippen molar-refractivity contribution in [2.75, 3.05) is 6.54 Å². The highest BCUT2D eigenvalue weighted by atomic mass is 19.1. The summed E-state index contributed by atoms with van der Waals surface area (Å²) in [6, 6.07) is 14.4. The number of aryl methyl sites for hydroxylation is 2. The third-order valence-corrected chi connectivity index (χ3v) is 5.14. The van der Waals surface area contributed by atoms with Gasteiger partial charge in [-0.3, -0.25) is 4.79 Å². The van der Waals surface area contributed by atoms with Crippen LogP contribution in [0.4, 0.5) is 4.39 Å². The van der Waals surface area contributed by atoms with Gasteiger partial charge in [-0.25, -0.2) is 9.37 Å². The summed E-state index contributed by atoms with van der Waals surface area (Å²) in [6.07, 6.45) is 4.93. The molecule has 3 aromatic rings. The Bertz CT molecular complexity index is 948. The third kappa shape index (κ3) is 5.66. The minimum atomic E-state index is -0.481. The standard InChI is InChI=1S/C24H30FN3O/c1-18(2)15-17-28-22-13-8-7-12-21(22)27-23(28)14-4-3-9-16-26-24(29)19-10-5-6-11-20(19)25/h5-8,10-13,18H,3-4,9,14-17H2,1-2H3,(H,26,29). The fourth-order valence-electron chi connectivity index (χ4n) is 3.48. The van der Waals surface area contributed by atoms with Gasteiger partial charge in [0.1, 0.15) is 11.6 Å². The maximum atomic E-state index is 13.6. The maximum absolute atomic E-state index is 13.6. The van der Waals surface area contributed by atoms with Crippen LogP contribution in [-0.4, -0.2) is 22.0 Å². The number of carbonyl (C=O) groups excluding carboxylic acids is 1. The van der Waals surface area contributed by atoms with Gasteiger partial charge in [0.15, 0.2) is 0 Å². The molecule has 154 valence electrons. The van der Waals surface area contributed by atoms with E-state index in [-0.39, 0.29) is 11.5 Å². The van der Waals surface area contributed by atoms with Gasteiger partial charge in [0.25, 0.3) is 5.91 Å². The predicted molar refractivity (Wildman–Crippen MR) is 115 cm³/mol. The van der Waals surface area contributed by atoms with E-state index in [9.17, 15) is 9.18 Å². The second kappa shape index (κ2) is 10.2. The van der Waals surface area contributed by atoms with Crippen LogP contribution in [0.2, 0.25) is 0 Å². The van der Waals surface area contributed by atoms with Crippen molar-refractivity contribution in [3.8, 4) is 0 Å². The van der Waals surface area contributed by atoms with E-state index in [0.29, 0.717) is 12.5 Å². The normalized spacial score (nSPS) is 11.3. The molecule has 1 heterocycles. The lowest BCUT2D eigenvalue weighted by Crippen LogP contribution is -2.25. The number of para-hydroxylation sites is 2. The molecule has 0 radical (unpaired) electrons. The molecule has 0 bridgehead atoms. The average molecular weight is 396 g/mol. The molecule has 0 aliphatic rings. The number of carbonyl (C=O) groups is 1. The number of hydrogen-bond acceptors (Lipinski definition) is 2. The molecule has 0 atom stereocenters. The fraction of sp³-hybridized carbons (Fsp3) is 0.417. The zero-order valence-electron chi connectivity index (χ0n) is 17.3. The molecular weight excluding hydrogens is 365 g/mol. The highest BCUT2D eigenvalue weighted by Gasteiger charge is 2.11. The molecule has 0 saturated heterocycles. The molecule has 0 unspecified atom stereocenters. The summed E-state index contributed by atoms with van der Waals surface area (Å²) in [5.74, 6) is 0.966. The first kappa shape index (κ1) is 21.0. The van der Waals surface area contributed by atoms with Crippen LogP contribution in [0.25, 0.3) is 11.0 Å². The molecule has 3 rings (SSSR count). The predicted octanol–water partition coefficient (Wildman–Crippen LogP) is 5.36. The Hall–Kier alpha value is -2.69. The average Bonchev–Trinajstić information content (AvgIpc) is 3.06. The Morgan fingerprint density at radius 1 is 1.07 bits per heavy atom. The van der Waals surface area contributed by atoms with E-state index in [2.05, 4.69) is 41.9 Å². The summed E-state index contributed by atoms with van der Waals surface area (Å²) in [5.41, 5.74) is 2.37. The number of fused-ring (bicyclic) bond motifs is 1. The van der Waals surface area contributed by atoms with E-state index in [1.165, 1.54) is 17.6 Å². The zero-order valence-corrected chi connectivity index (χ0v) is 17.3. The highest BCUT2D eigenvalue weighted by molar-refractivity contribution is 5.94. The number of imidazole rings is 1. The first-order chi connectivity index (χ1) is 14.1.